The highest BCUT2D eigenvalue weighted by atomic mass is 35.5. The lowest BCUT2D eigenvalue weighted by Gasteiger charge is -2.04. The van der Waals surface area contributed by atoms with Crippen molar-refractivity contribution in [2.75, 3.05) is 11.9 Å². The predicted molar refractivity (Wildman–Crippen MR) is 91.4 cm³/mol. The third kappa shape index (κ3) is 4.83. The number of carbonyl (C=O) groups is 2. The molecule has 2 rings (SSSR count). The van der Waals surface area contributed by atoms with Crippen LogP contribution in [0.25, 0.3) is 0 Å². The van der Waals surface area contributed by atoms with Gasteiger partial charge in [0.2, 0.25) is 5.91 Å². The Kier molecular flexibility index (Phi) is 5.94. The fourth-order valence-electron chi connectivity index (χ4n) is 1.91. The molecular formula is C18H14ClFN2O2. The maximum atomic E-state index is 13.6. The van der Waals surface area contributed by atoms with E-state index in [9.17, 15) is 14.0 Å². The van der Waals surface area contributed by atoms with Gasteiger partial charge in [-0.3, -0.25) is 9.59 Å². The van der Waals surface area contributed by atoms with E-state index in [4.69, 9.17) is 11.6 Å². The van der Waals surface area contributed by atoms with Crippen molar-refractivity contribution < 1.29 is 14.0 Å². The molecule has 24 heavy (non-hydrogen) atoms. The van der Waals surface area contributed by atoms with Gasteiger partial charge < -0.3 is 10.6 Å². The monoisotopic (exact) mass is 344 g/mol. The molecule has 0 fully saturated rings. The molecule has 2 amide bonds. The normalized spacial score (nSPS) is 9.62. The molecule has 0 spiro atoms. The summed E-state index contributed by atoms with van der Waals surface area (Å²) in [7, 11) is 0. The molecule has 122 valence electrons. The summed E-state index contributed by atoms with van der Waals surface area (Å²) < 4.78 is 13.6. The van der Waals surface area contributed by atoms with Crippen molar-refractivity contribution in [1.29, 1.82) is 0 Å². The Balaban J connectivity index is 1.94. The molecule has 0 radical (unpaired) electrons. The molecule has 0 aliphatic rings. The number of hydrogen-bond donors (Lipinski definition) is 2. The van der Waals surface area contributed by atoms with E-state index in [0.29, 0.717) is 5.69 Å². The molecule has 2 N–H and O–H groups in total. The first-order valence-electron chi connectivity index (χ1n) is 7.06. The second-order valence-corrected chi connectivity index (χ2v) is 5.25. The van der Waals surface area contributed by atoms with E-state index in [2.05, 4.69) is 22.5 Å². The fraction of sp³-hybridized carbons (Fsp3) is 0.111. The Morgan fingerprint density at radius 2 is 1.88 bits per heavy atom. The summed E-state index contributed by atoms with van der Waals surface area (Å²) in [5, 5.41) is 5.20. The minimum atomic E-state index is -0.679. The van der Waals surface area contributed by atoms with Gasteiger partial charge in [-0.2, -0.15) is 0 Å². The van der Waals surface area contributed by atoms with E-state index < -0.39 is 11.7 Å². The molecule has 0 aliphatic carbocycles. The van der Waals surface area contributed by atoms with Gasteiger partial charge >= 0.3 is 0 Å². The number of halogens is 2. The van der Waals surface area contributed by atoms with Crippen LogP contribution in [-0.4, -0.2) is 18.4 Å². The van der Waals surface area contributed by atoms with Crippen LogP contribution < -0.4 is 10.6 Å². The minimum Gasteiger partial charge on any atom is -0.341 e. The third-order valence-electron chi connectivity index (χ3n) is 2.97. The lowest BCUT2D eigenvalue weighted by Crippen LogP contribution is -2.25. The molecule has 0 unspecified atom stereocenters. The minimum absolute atomic E-state index is 0.0500. The number of hydrogen-bond acceptors (Lipinski definition) is 2. The van der Waals surface area contributed by atoms with Crippen LogP contribution in [0.2, 0.25) is 5.02 Å². The number of anilines is 1. The molecule has 0 aromatic heterocycles. The van der Waals surface area contributed by atoms with E-state index in [-0.39, 0.29) is 23.0 Å². The Morgan fingerprint density at radius 3 is 2.50 bits per heavy atom. The topological polar surface area (TPSA) is 58.2 Å². The summed E-state index contributed by atoms with van der Waals surface area (Å²) >= 11 is 5.82. The maximum Gasteiger partial charge on any atom is 0.256 e. The first kappa shape index (κ1) is 17.5. The lowest BCUT2D eigenvalue weighted by atomic mass is 10.2. The van der Waals surface area contributed by atoms with Gasteiger partial charge in [-0.1, -0.05) is 29.5 Å². The quantitative estimate of drug-likeness (QED) is 0.840. The average molecular weight is 345 g/mol. The van der Waals surface area contributed by atoms with Crippen molar-refractivity contribution in [3.05, 3.63) is 64.4 Å². The molecule has 2 aromatic rings. The first-order valence-corrected chi connectivity index (χ1v) is 7.44. The van der Waals surface area contributed by atoms with Crippen LogP contribution in [-0.2, 0) is 4.79 Å². The molecular weight excluding hydrogens is 331 g/mol. The van der Waals surface area contributed by atoms with Crippen molar-refractivity contribution in [3.63, 3.8) is 0 Å². The molecule has 2 aromatic carbocycles. The van der Waals surface area contributed by atoms with E-state index in [1.807, 2.05) is 0 Å². The highest BCUT2D eigenvalue weighted by molar-refractivity contribution is 6.33. The van der Waals surface area contributed by atoms with Gasteiger partial charge in [0.15, 0.2) is 0 Å². The smallest absolute Gasteiger partial charge is 0.256 e. The van der Waals surface area contributed by atoms with Gasteiger partial charge in [0, 0.05) is 18.2 Å². The molecule has 0 saturated heterocycles. The summed E-state index contributed by atoms with van der Waals surface area (Å²) in [6.45, 7) is 1.48. The highest BCUT2D eigenvalue weighted by Gasteiger charge is 2.14. The highest BCUT2D eigenvalue weighted by Crippen LogP contribution is 2.18. The molecule has 4 nitrogen and oxygen atoms in total. The third-order valence-corrected chi connectivity index (χ3v) is 3.28. The number of amides is 2. The van der Waals surface area contributed by atoms with Crippen LogP contribution in [0.15, 0.2) is 42.5 Å². The zero-order valence-corrected chi connectivity index (χ0v) is 13.6. The van der Waals surface area contributed by atoms with Crippen LogP contribution in [0.1, 0.15) is 22.8 Å². The Morgan fingerprint density at radius 1 is 1.17 bits per heavy atom. The molecule has 0 bridgehead atoms. The Hall–Kier alpha value is -2.84. The van der Waals surface area contributed by atoms with E-state index in [1.165, 1.54) is 25.1 Å². The Labute approximate surface area is 144 Å². The largest absolute Gasteiger partial charge is 0.341 e. The van der Waals surface area contributed by atoms with Crippen LogP contribution in [0.5, 0.6) is 0 Å². The molecule has 0 heterocycles. The number of rotatable bonds is 3. The van der Waals surface area contributed by atoms with E-state index in [0.717, 1.165) is 5.56 Å². The van der Waals surface area contributed by atoms with Crippen molar-refractivity contribution in [2.24, 2.45) is 0 Å². The zero-order chi connectivity index (χ0) is 17.5. The maximum absolute atomic E-state index is 13.6. The van der Waals surface area contributed by atoms with Gasteiger partial charge in [-0.15, -0.1) is 0 Å². The van der Waals surface area contributed by atoms with Crippen molar-refractivity contribution in [2.45, 2.75) is 6.92 Å². The molecule has 0 atom stereocenters. The van der Waals surface area contributed by atoms with Crippen molar-refractivity contribution in [1.82, 2.24) is 5.32 Å². The van der Waals surface area contributed by atoms with Crippen LogP contribution in [0.3, 0.4) is 0 Å². The molecule has 0 aliphatic heterocycles. The van der Waals surface area contributed by atoms with Gasteiger partial charge in [0.25, 0.3) is 5.91 Å². The number of benzene rings is 2. The Bertz CT molecular complexity index is 803. The summed E-state index contributed by atoms with van der Waals surface area (Å²) in [6, 6.07) is 11.0. The number of carbonyl (C=O) groups excluding carboxylic acids is 2. The van der Waals surface area contributed by atoms with Crippen molar-refractivity contribution >= 4 is 29.1 Å². The van der Waals surface area contributed by atoms with Crippen LogP contribution in [0, 0.1) is 17.7 Å². The summed E-state index contributed by atoms with van der Waals surface area (Å²) in [6.07, 6.45) is 0. The first-order chi connectivity index (χ1) is 11.5. The average Bonchev–Trinajstić information content (AvgIpc) is 2.52. The SMILES string of the molecule is CC(=O)Nc1ccc(C#CCNC(=O)c2c(F)cccc2Cl)cc1. The standard InChI is InChI=1S/C18H14ClFN2O2/c1-12(23)22-14-9-7-13(8-10-14)4-3-11-21-18(24)17-15(19)5-2-6-16(17)20/h2,5-10H,11H2,1H3,(H,21,24)(H,22,23). The van der Waals surface area contributed by atoms with Gasteiger partial charge in [0.1, 0.15) is 5.82 Å². The van der Waals surface area contributed by atoms with Gasteiger partial charge in [-0.05, 0) is 36.4 Å². The summed E-state index contributed by atoms with van der Waals surface area (Å²) in [4.78, 5) is 22.8. The second-order valence-electron chi connectivity index (χ2n) is 4.84. The zero-order valence-electron chi connectivity index (χ0n) is 12.8. The van der Waals surface area contributed by atoms with Crippen LogP contribution >= 0.6 is 11.6 Å². The lowest BCUT2D eigenvalue weighted by molar-refractivity contribution is -0.114. The van der Waals surface area contributed by atoms with Crippen LogP contribution in [0.4, 0.5) is 10.1 Å². The summed E-state index contributed by atoms with van der Waals surface area (Å²) in [5.41, 5.74) is 1.21. The van der Waals surface area contributed by atoms with E-state index >= 15 is 0 Å². The molecule has 6 heteroatoms. The second kappa shape index (κ2) is 8.14. The fourth-order valence-corrected chi connectivity index (χ4v) is 2.16. The van der Waals surface area contributed by atoms with Gasteiger partial charge in [-0.25, -0.2) is 4.39 Å². The predicted octanol–water partition coefficient (Wildman–Crippen LogP) is 3.22. The van der Waals surface area contributed by atoms with E-state index in [1.54, 1.807) is 24.3 Å². The van der Waals surface area contributed by atoms with Crippen molar-refractivity contribution in [3.8, 4) is 11.8 Å². The number of nitrogens with one attached hydrogen (secondary N) is 2. The summed E-state index contributed by atoms with van der Waals surface area (Å²) in [5.74, 6) is 4.18. The molecule has 0 saturated carbocycles. The van der Waals surface area contributed by atoms with Gasteiger partial charge in [0.05, 0.1) is 17.1 Å².